The van der Waals surface area contributed by atoms with Gasteiger partial charge >= 0.3 is 0 Å². The largest absolute Gasteiger partial charge is 0.457 e. The molecular formula is C25H23N3O3. The highest BCUT2D eigenvalue weighted by atomic mass is 16.5. The highest BCUT2D eigenvalue weighted by Crippen LogP contribution is 2.37. The maximum absolute atomic E-state index is 13.3. The average molecular weight is 413 g/mol. The van der Waals surface area contributed by atoms with Crippen molar-refractivity contribution < 1.29 is 14.3 Å². The number of hydrogen-bond donors (Lipinski definition) is 0. The Balaban J connectivity index is 1.63. The molecule has 0 N–H and O–H groups in total. The van der Waals surface area contributed by atoms with E-state index in [9.17, 15) is 9.59 Å². The Kier molecular flexibility index (Phi) is 4.90. The molecule has 0 aliphatic carbocycles. The number of hydrogen-bond acceptors (Lipinski definition) is 4. The van der Waals surface area contributed by atoms with Gasteiger partial charge in [0, 0.05) is 56.0 Å². The second-order valence-electron chi connectivity index (χ2n) is 7.96. The molecule has 3 aromatic rings. The second kappa shape index (κ2) is 7.87. The van der Waals surface area contributed by atoms with E-state index in [0.29, 0.717) is 36.6 Å². The molecule has 0 fully saturated rings. The SMILES string of the molecule is CN1CCC(=O)N2CCc3ncccc3C2c2cccc(c2)Oc2cccc(c2)C1=O. The van der Waals surface area contributed by atoms with Crippen LogP contribution in [0.5, 0.6) is 11.5 Å². The summed E-state index contributed by atoms with van der Waals surface area (Å²) in [6.07, 6.45) is 2.78. The van der Waals surface area contributed by atoms with Gasteiger partial charge in [-0.05, 0) is 42.0 Å². The summed E-state index contributed by atoms with van der Waals surface area (Å²) in [6, 6.07) is 18.7. The van der Waals surface area contributed by atoms with E-state index in [0.717, 1.165) is 16.8 Å². The second-order valence-corrected chi connectivity index (χ2v) is 7.96. The fourth-order valence-electron chi connectivity index (χ4n) is 4.37. The van der Waals surface area contributed by atoms with Gasteiger partial charge in [0.1, 0.15) is 11.5 Å². The lowest BCUT2D eigenvalue weighted by atomic mass is 9.90. The van der Waals surface area contributed by atoms with Crippen LogP contribution in [0.1, 0.15) is 39.6 Å². The van der Waals surface area contributed by atoms with Gasteiger partial charge in [-0.15, -0.1) is 0 Å². The van der Waals surface area contributed by atoms with Crippen molar-refractivity contribution in [1.82, 2.24) is 14.8 Å². The monoisotopic (exact) mass is 413 g/mol. The van der Waals surface area contributed by atoms with Crippen LogP contribution in [0.4, 0.5) is 0 Å². The molecule has 6 nitrogen and oxygen atoms in total. The summed E-state index contributed by atoms with van der Waals surface area (Å²) >= 11 is 0. The molecule has 0 saturated heterocycles. The number of nitrogens with zero attached hydrogens (tertiary/aromatic N) is 3. The first-order chi connectivity index (χ1) is 15.1. The molecular weight excluding hydrogens is 390 g/mol. The molecule has 3 heterocycles. The van der Waals surface area contributed by atoms with Crippen LogP contribution in [0.15, 0.2) is 66.9 Å². The molecule has 0 radical (unpaired) electrons. The minimum Gasteiger partial charge on any atom is -0.457 e. The quantitative estimate of drug-likeness (QED) is 0.562. The number of rotatable bonds is 0. The molecule has 0 spiro atoms. The lowest BCUT2D eigenvalue weighted by Crippen LogP contribution is -2.42. The Hall–Kier alpha value is -3.67. The number of carbonyl (C=O) groups is 2. The highest BCUT2D eigenvalue weighted by Gasteiger charge is 2.33. The smallest absolute Gasteiger partial charge is 0.253 e. The molecule has 2 aliphatic heterocycles. The van der Waals surface area contributed by atoms with Crippen molar-refractivity contribution >= 4 is 11.8 Å². The topological polar surface area (TPSA) is 62.7 Å². The third-order valence-electron chi connectivity index (χ3n) is 5.94. The molecule has 5 rings (SSSR count). The summed E-state index contributed by atoms with van der Waals surface area (Å²) in [4.78, 5) is 34.2. The van der Waals surface area contributed by atoms with Gasteiger partial charge in [0.25, 0.3) is 5.91 Å². The van der Waals surface area contributed by atoms with Crippen LogP contribution in [0.2, 0.25) is 0 Å². The molecule has 2 aliphatic rings. The summed E-state index contributed by atoms with van der Waals surface area (Å²) in [5.74, 6) is 1.16. The lowest BCUT2D eigenvalue weighted by Gasteiger charge is -2.37. The Bertz CT molecular complexity index is 1160. The summed E-state index contributed by atoms with van der Waals surface area (Å²) in [7, 11) is 1.73. The highest BCUT2D eigenvalue weighted by molar-refractivity contribution is 5.94. The van der Waals surface area contributed by atoms with Gasteiger partial charge in [-0.2, -0.15) is 0 Å². The van der Waals surface area contributed by atoms with Gasteiger partial charge in [0.15, 0.2) is 0 Å². The van der Waals surface area contributed by atoms with Gasteiger partial charge in [-0.25, -0.2) is 0 Å². The summed E-state index contributed by atoms with van der Waals surface area (Å²) in [6.45, 7) is 0.946. The molecule has 4 bridgehead atoms. The predicted molar refractivity (Wildman–Crippen MR) is 116 cm³/mol. The van der Waals surface area contributed by atoms with Crippen LogP contribution in [0, 0.1) is 0 Å². The molecule has 31 heavy (non-hydrogen) atoms. The zero-order valence-electron chi connectivity index (χ0n) is 17.3. The molecule has 1 unspecified atom stereocenters. The zero-order chi connectivity index (χ0) is 21.4. The maximum atomic E-state index is 13.3. The third kappa shape index (κ3) is 3.65. The van der Waals surface area contributed by atoms with Crippen LogP contribution < -0.4 is 4.74 Å². The Morgan fingerprint density at radius 2 is 1.74 bits per heavy atom. The first-order valence-electron chi connectivity index (χ1n) is 10.5. The first-order valence-corrected chi connectivity index (χ1v) is 10.5. The van der Waals surface area contributed by atoms with E-state index >= 15 is 0 Å². The van der Waals surface area contributed by atoms with Crippen molar-refractivity contribution in [2.45, 2.75) is 18.9 Å². The van der Waals surface area contributed by atoms with Crippen molar-refractivity contribution in [3.63, 3.8) is 0 Å². The van der Waals surface area contributed by atoms with Gasteiger partial charge in [0.2, 0.25) is 5.91 Å². The van der Waals surface area contributed by atoms with E-state index in [4.69, 9.17) is 4.74 Å². The molecule has 0 saturated carbocycles. The van der Waals surface area contributed by atoms with E-state index in [-0.39, 0.29) is 24.3 Å². The Labute approximate surface area is 181 Å². The zero-order valence-corrected chi connectivity index (χ0v) is 17.3. The lowest BCUT2D eigenvalue weighted by molar-refractivity contribution is -0.133. The van der Waals surface area contributed by atoms with Gasteiger partial charge in [-0.3, -0.25) is 14.6 Å². The number of carbonyl (C=O) groups excluding carboxylic acids is 2. The summed E-state index contributed by atoms with van der Waals surface area (Å²) < 4.78 is 6.09. The molecule has 156 valence electrons. The number of amides is 2. The standard InChI is InChI=1S/C25H23N3O3/c1-27-13-11-23(29)28-14-10-22-21(9-4-12-26-22)24(28)17-5-2-7-19(15-17)31-20-8-3-6-18(16-20)25(27)30/h2-9,12,15-16,24H,10-11,13-14H2,1H3. The molecule has 1 atom stereocenters. The van der Waals surface area contributed by atoms with Crippen LogP contribution in [0.3, 0.4) is 0 Å². The van der Waals surface area contributed by atoms with Crippen LogP contribution in [-0.4, -0.2) is 46.7 Å². The molecule has 6 heteroatoms. The number of aromatic nitrogens is 1. The normalized spacial score (nSPS) is 18.5. The number of fused-ring (bicyclic) bond motifs is 8. The van der Waals surface area contributed by atoms with Crippen molar-refractivity contribution in [3.05, 3.63) is 89.2 Å². The van der Waals surface area contributed by atoms with Crippen molar-refractivity contribution in [3.8, 4) is 11.5 Å². The molecule has 1 aromatic heterocycles. The minimum atomic E-state index is -0.233. The fourth-order valence-corrected chi connectivity index (χ4v) is 4.37. The van der Waals surface area contributed by atoms with E-state index < -0.39 is 0 Å². The van der Waals surface area contributed by atoms with E-state index in [1.807, 2.05) is 53.4 Å². The minimum absolute atomic E-state index is 0.0243. The van der Waals surface area contributed by atoms with E-state index in [1.54, 1.807) is 30.3 Å². The summed E-state index contributed by atoms with van der Waals surface area (Å²) in [5, 5.41) is 0. The van der Waals surface area contributed by atoms with Crippen LogP contribution >= 0.6 is 0 Å². The van der Waals surface area contributed by atoms with Gasteiger partial charge < -0.3 is 14.5 Å². The van der Waals surface area contributed by atoms with Gasteiger partial charge in [-0.1, -0.05) is 24.3 Å². The Morgan fingerprint density at radius 1 is 0.935 bits per heavy atom. The number of pyridine rings is 1. The van der Waals surface area contributed by atoms with E-state index in [2.05, 4.69) is 4.98 Å². The number of benzene rings is 2. The predicted octanol–water partition coefficient (Wildman–Crippen LogP) is 3.82. The molecule has 2 aromatic carbocycles. The van der Waals surface area contributed by atoms with Crippen LogP contribution in [-0.2, 0) is 11.2 Å². The van der Waals surface area contributed by atoms with Crippen molar-refractivity contribution in [2.24, 2.45) is 0 Å². The van der Waals surface area contributed by atoms with Crippen LogP contribution in [0.25, 0.3) is 0 Å². The van der Waals surface area contributed by atoms with E-state index in [1.165, 1.54) is 0 Å². The Morgan fingerprint density at radius 3 is 2.61 bits per heavy atom. The fraction of sp³-hybridized carbons (Fsp3) is 0.240. The van der Waals surface area contributed by atoms with Gasteiger partial charge in [0.05, 0.1) is 6.04 Å². The third-order valence-corrected chi connectivity index (χ3v) is 5.94. The maximum Gasteiger partial charge on any atom is 0.253 e. The average Bonchev–Trinajstić information content (AvgIpc) is 2.81. The van der Waals surface area contributed by atoms with Crippen molar-refractivity contribution in [1.29, 1.82) is 0 Å². The first kappa shape index (κ1) is 19.3. The number of ether oxygens (including phenoxy) is 1. The molecule has 2 amide bonds. The van der Waals surface area contributed by atoms with Crippen molar-refractivity contribution in [2.75, 3.05) is 20.1 Å². The summed E-state index contributed by atoms with van der Waals surface area (Å²) in [5.41, 5.74) is 3.58.